The van der Waals surface area contributed by atoms with Crippen LogP contribution < -0.4 is 10.6 Å². The lowest BCUT2D eigenvalue weighted by Crippen LogP contribution is -2.37. The molecule has 2 amide bonds. The Bertz CT molecular complexity index is 150. The molecule has 76 valence electrons. The van der Waals surface area contributed by atoms with Gasteiger partial charge in [-0.25, -0.2) is 4.79 Å². The number of nitrogens with one attached hydrogen (secondary N) is 2. The van der Waals surface area contributed by atoms with Crippen molar-refractivity contribution in [3.63, 3.8) is 0 Å². The number of carbonyl (C=O) groups excluding carboxylic acids is 1. The van der Waals surface area contributed by atoms with E-state index in [-0.39, 0.29) is 12.8 Å². The van der Waals surface area contributed by atoms with E-state index >= 15 is 0 Å². The van der Waals surface area contributed by atoms with Gasteiger partial charge < -0.3 is 20.1 Å². The lowest BCUT2D eigenvalue weighted by molar-refractivity contribution is 0.0643. The van der Waals surface area contributed by atoms with Crippen molar-refractivity contribution >= 4 is 6.03 Å². The molecule has 0 aromatic heterocycles. The highest BCUT2D eigenvalue weighted by atomic mass is 16.5. The van der Waals surface area contributed by atoms with Crippen LogP contribution in [0.2, 0.25) is 0 Å². The normalized spacial score (nSPS) is 9.31. The van der Waals surface area contributed by atoms with E-state index in [0.29, 0.717) is 19.8 Å². The highest BCUT2D eigenvalue weighted by Gasteiger charge is 1.95. The third-order valence-electron chi connectivity index (χ3n) is 1.17. The van der Waals surface area contributed by atoms with Gasteiger partial charge in [0, 0.05) is 13.7 Å². The van der Waals surface area contributed by atoms with Crippen LogP contribution in [0.4, 0.5) is 4.79 Å². The Kier molecular flexibility index (Phi) is 8.28. The fourth-order valence-corrected chi connectivity index (χ4v) is 0.558. The molecule has 5 heteroatoms. The van der Waals surface area contributed by atoms with Gasteiger partial charge in [-0.15, -0.1) is 6.58 Å². The third-order valence-corrected chi connectivity index (χ3v) is 1.17. The molecule has 5 nitrogen and oxygen atoms in total. The van der Waals surface area contributed by atoms with Crippen molar-refractivity contribution < 1.29 is 14.3 Å². The molecule has 13 heavy (non-hydrogen) atoms. The van der Waals surface area contributed by atoms with Gasteiger partial charge in [0.25, 0.3) is 0 Å². The minimum atomic E-state index is -0.266. The molecule has 0 aliphatic heterocycles. The van der Waals surface area contributed by atoms with E-state index in [0.717, 1.165) is 0 Å². The van der Waals surface area contributed by atoms with Gasteiger partial charge in [0.1, 0.15) is 6.73 Å². The number of hydrogen-bond acceptors (Lipinski definition) is 3. The van der Waals surface area contributed by atoms with Crippen molar-refractivity contribution in [2.75, 3.05) is 33.6 Å². The average Bonchev–Trinajstić information content (AvgIpc) is 2.14. The lowest BCUT2D eigenvalue weighted by Gasteiger charge is -2.06. The van der Waals surface area contributed by atoms with E-state index in [1.54, 1.807) is 13.2 Å². The van der Waals surface area contributed by atoms with E-state index in [9.17, 15) is 4.79 Å². The maximum absolute atomic E-state index is 10.9. The largest absolute Gasteiger partial charge is 0.382 e. The molecule has 0 unspecified atom stereocenters. The summed E-state index contributed by atoms with van der Waals surface area (Å²) in [6.07, 6.45) is 1.60. The van der Waals surface area contributed by atoms with Crippen LogP contribution in [-0.4, -0.2) is 39.6 Å². The Labute approximate surface area is 78.1 Å². The lowest BCUT2D eigenvalue weighted by atomic mass is 10.6. The highest BCUT2D eigenvalue weighted by molar-refractivity contribution is 5.73. The van der Waals surface area contributed by atoms with E-state index in [1.165, 1.54) is 0 Å². The van der Waals surface area contributed by atoms with E-state index in [1.807, 2.05) is 0 Å². The first-order chi connectivity index (χ1) is 6.31. The molecule has 0 aliphatic rings. The molecule has 0 rings (SSSR count). The first kappa shape index (κ1) is 11.9. The summed E-state index contributed by atoms with van der Waals surface area (Å²) in [6, 6.07) is -0.266. The van der Waals surface area contributed by atoms with Gasteiger partial charge in [0.15, 0.2) is 0 Å². The summed E-state index contributed by atoms with van der Waals surface area (Å²) in [6.45, 7) is 5.09. The van der Waals surface area contributed by atoms with Gasteiger partial charge in [-0.05, 0) is 0 Å². The molecule has 0 saturated carbocycles. The summed E-state index contributed by atoms with van der Waals surface area (Å²) in [5, 5.41) is 5.04. The Morgan fingerprint density at radius 1 is 1.46 bits per heavy atom. The van der Waals surface area contributed by atoms with Crippen molar-refractivity contribution in [1.82, 2.24) is 10.6 Å². The van der Waals surface area contributed by atoms with E-state index in [2.05, 4.69) is 17.2 Å². The fraction of sp³-hybridized carbons (Fsp3) is 0.625. The van der Waals surface area contributed by atoms with Crippen LogP contribution in [0.15, 0.2) is 12.7 Å². The molecule has 0 radical (unpaired) electrons. The molecule has 0 aromatic carbocycles. The SMILES string of the molecule is C=CCNC(=O)NCOCCOC. The minimum Gasteiger partial charge on any atom is -0.382 e. The number of amides is 2. The third kappa shape index (κ3) is 8.84. The zero-order valence-corrected chi connectivity index (χ0v) is 7.84. The Balaban J connectivity index is 3.12. The van der Waals surface area contributed by atoms with Gasteiger partial charge >= 0.3 is 6.03 Å². The predicted octanol–water partition coefficient (Wildman–Crippen LogP) is 0.0921. The number of carbonyl (C=O) groups is 1. The molecule has 0 fully saturated rings. The number of rotatable bonds is 7. The quantitative estimate of drug-likeness (QED) is 0.338. The molecule has 0 aromatic rings. The maximum atomic E-state index is 10.9. The monoisotopic (exact) mass is 188 g/mol. The fourth-order valence-electron chi connectivity index (χ4n) is 0.558. The van der Waals surface area contributed by atoms with Crippen LogP contribution in [-0.2, 0) is 9.47 Å². The van der Waals surface area contributed by atoms with Crippen molar-refractivity contribution in [3.05, 3.63) is 12.7 Å². The first-order valence-corrected chi connectivity index (χ1v) is 4.00. The summed E-state index contributed by atoms with van der Waals surface area (Å²) >= 11 is 0. The Morgan fingerprint density at radius 2 is 2.23 bits per heavy atom. The standard InChI is InChI=1S/C8H16N2O3/c1-3-4-9-8(11)10-7-13-6-5-12-2/h3H,1,4-7H2,2H3,(H2,9,10,11). The first-order valence-electron chi connectivity index (χ1n) is 4.00. The minimum absolute atomic E-state index is 0.187. The van der Waals surface area contributed by atoms with E-state index in [4.69, 9.17) is 9.47 Å². The second-order valence-corrected chi connectivity index (χ2v) is 2.22. The smallest absolute Gasteiger partial charge is 0.316 e. The van der Waals surface area contributed by atoms with Crippen LogP contribution >= 0.6 is 0 Å². The molecule has 0 heterocycles. The maximum Gasteiger partial charge on any atom is 0.316 e. The van der Waals surface area contributed by atoms with Gasteiger partial charge in [-0.3, -0.25) is 0 Å². The molecular weight excluding hydrogens is 172 g/mol. The van der Waals surface area contributed by atoms with Crippen molar-refractivity contribution in [2.24, 2.45) is 0 Å². The average molecular weight is 188 g/mol. The summed E-state index contributed by atoms with van der Waals surface area (Å²) in [4.78, 5) is 10.9. The van der Waals surface area contributed by atoms with Crippen LogP contribution in [0.1, 0.15) is 0 Å². The number of methoxy groups -OCH3 is 1. The van der Waals surface area contributed by atoms with Crippen LogP contribution in [0.25, 0.3) is 0 Å². The molecular formula is C8H16N2O3. The number of ether oxygens (including phenoxy) is 2. The highest BCUT2D eigenvalue weighted by Crippen LogP contribution is 1.73. The van der Waals surface area contributed by atoms with Crippen molar-refractivity contribution in [2.45, 2.75) is 0 Å². The Morgan fingerprint density at radius 3 is 2.85 bits per heavy atom. The second-order valence-electron chi connectivity index (χ2n) is 2.22. The number of hydrogen-bond donors (Lipinski definition) is 2. The van der Waals surface area contributed by atoms with Gasteiger partial charge in [-0.2, -0.15) is 0 Å². The van der Waals surface area contributed by atoms with Crippen molar-refractivity contribution in [1.29, 1.82) is 0 Å². The topological polar surface area (TPSA) is 59.6 Å². The van der Waals surface area contributed by atoms with Crippen LogP contribution in [0, 0.1) is 0 Å². The van der Waals surface area contributed by atoms with Crippen molar-refractivity contribution in [3.8, 4) is 0 Å². The second kappa shape index (κ2) is 9.02. The molecule has 0 saturated heterocycles. The number of urea groups is 1. The molecule has 0 atom stereocenters. The Hall–Kier alpha value is -1.07. The summed E-state index contributed by atoms with van der Waals surface area (Å²) in [5.74, 6) is 0. The van der Waals surface area contributed by atoms with Gasteiger partial charge in [0.2, 0.25) is 0 Å². The molecule has 0 aliphatic carbocycles. The van der Waals surface area contributed by atoms with Gasteiger partial charge in [0.05, 0.1) is 13.2 Å². The molecule has 0 spiro atoms. The van der Waals surface area contributed by atoms with E-state index < -0.39 is 0 Å². The summed E-state index contributed by atoms with van der Waals surface area (Å²) in [7, 11) is 1.59. The molecule has 2 N–H and O–H groups in total. The zero-order valence-electron chi connectivity index (χ0n) is 7.84. The molecule has 0 bridgehead atoms. The van der Waals surface area contributed by atoms with Crippen LogP contribution in [0.5, 0.6) is 0 Å². The zero-order chi connectivity index (χ0) is 9.94. The van der Waals surface area contributed by atoms with Gasteiger partial charge in [-0.1, -0.05) is 6.08 Å². The summed E-state index contributed by atoms with van der Waals surface area (Å²) in [5.41, 5.74) is 0. The van der Waals surface area contributed by atoms with Crippen LogP contribution in [0.3, 0.4) is 0 Å². The predicted molar refractivity (Wildman–Crippen MR) is 49.4 cm³/mol. The summed E-state index contributed by atoms with van der Waals surface area (Å²) < 4.78 is 9.75.